The van der Waals surface area contributed by atoms with Gasteiger partial charge >= 0.3 is 0 Å². The Bertz CT molecular complexity index is 313. The molecule has 1 atom stereocenters. The Balaban J connectivity index is 2.87. The van der Waals surface area contributed by atoms with Crippen LogP contribution in [0.2, 0.25) is 0 Å². The summed E-state index contributed by atoms with van der Waals surface area (Å²) in [5.74, 6) is -0.0457. The van der Waals surface area contributed by atoms with Gasteiger partial charge in [-0.3, -0.25) is 0 Å². The summed E-state index contributed by atoms with van der Waals surface area (Å²) in [6, 6.07) is 5.15. The Hall–Kier alpha value is -1.12. The van der Waals surface area contributed by atoms with Gasteiger partial charge in [-0.1, -0.05) is 0 Å². The van der Waals surface area contributed by atoms with Gasteiger partial charge in [0.05, 0.1) is 0 Å². The third-order valence-corrected chi connectivity index (χ3v) is 1.69. The van der Waals surface area contributed by atoms with E-state index >= 15 is 0 Å². The molecule has 11 heavy (non-hydrogen) atoms. The van der Waals surface area contributed by atoms with Crippen LogP contribution in [0, 0.1) is 11.3 Å². The van der Waals surface area contributed by atoms with Crippen molar-refractivity contribution in [3.8, 4) is 6.07 Å². The molecule has 1 aromatic heterocycles. The van der Waals surface area contributed by atoms with E-state index in [-0.39, 0.29) is 5.88 Å². The van der Waals surface area contributed by atoms with Crippen molar-refractivity contribution >= 4 is 11.1 Å². The van der Waals surface area contributed by atoms with Gasteiger partial charge in [0.1, 0.15) is 17.6 Å². The lowest BCUT2D eigenvalue weighted by Gasteiger charge is -1.98. The van der Waals surface area contributed by atoms with Crippen LogP contribution in [0.1, 0.15) is 5.69 Å². The highest BCUT2D eigenvalue weighted by molar-refractivity contribution is 7.78. The molecule has 0 aliphatic carbocycles. The van der Waals surface area contributed by atoms with Gasteiger partial charge in [-0.15, -0.1) is 0 Å². The molecule has 58 valence electrons. The van der Waals surface area contributed by atoms with E-state index in [4.69, 9.17) is 9.81 Å². The zero-order chi connectivity index (χ0) is 8.27. The molecule has 0 amide bonds. The van der Waals surface area contributed by atoms with Crippen LogP contribution in [-0.4, -0.2) is 13.3 Å². The molecule has 0 fully saturated rings. The molecular formula is C6H6N2O2S. The van der Waals surface area contributed by atoms with E-state index in [0.717, 1.165) is 0 Å². The van der Waals surface area contributed by atoms with Crippen molar-refractivity contribution < 1.29 is 8.76 Å². The predicted molar refractivity (Wildman–Crippen MR) is 39.9 cm³/mol. The minimum atomic E-state index is -1.89. The van der Waals surface area contributed by atoms with Gasteiger partial charge in [0.2, 0.25) is 0 Å². The minimum absolute atomic E-state index is 0.0457. The van der Waals surface area contributed by atoms with Gasteiger partial charge in [-0.25, -0.2) is 4.21 Å². The zero-order valence-corrected chi connectivity index (χ0v) is 6.41. The van der Waals surface area contributed by atoms with E-state index in [1.165, 1.54) is 4.57 Å². The van der Waals surface area contributed by atoms with Crippen molar-refractivity contribution in [1.82, 2.24) is 4.57 Å². The maximum absolute atomic E-state index is 10.3. The first-order valence-corrected chi connectivity index (χ1v) is 4.14. The van der Waals surface area contributed by atoms with Crippen LogP contribution in [0.5, 0.6) is 0 Å². The lowest BCUT2D eigenvalue weighted by molar-refractivity contribution is 0.552. The highest BCUT2D eigenvalue weighted by Gasteiger charge is 2.00. The topological polar surface area (TPSA) is 66.0 Å². The molecule has 1 heterocycles. The van der Waals surface area contributed by atoms with E-state index in [1.807, 2.05) is 6.07 Å². The van der Waals surface area contributed by atoms with Crippen LogP contribution in [0.25, 0.3) is 0 Å². The summed E-state index contributed by atoms with van der Waals surface area (Å²) >= 11 is -1.89. The monoisotopic (exact) mass is 170 g/mol. The van der Waals surface area contributed by atoms with E-state index < -0.39 is 11.1 Å². The lowest BCUT2D eigenvalue weighted by Crippen LogP contribution is -2.03. The molecule has 0 radical (unpaired) electrons. The maximum atomic E-state index is 10.3. The lowest BCUT2D eigenvalue weighted by atomic mass is 10.5. The molecule has 1 N–H and O–H groups in total. The first-order valence-electron chi connectivity index (χ1n) is 2.86. The van der Waals surface area contributed by atoms with Gasteiger partial charge in [-0.2, -0.15) is 5.26 Å². The molecule has 4 nitrogen and oxygen atoms in total. The molecule has 1 rings (SSSR count). The molecule has 1 unspecified atom stereocenters. The maximum Gasteiger partial charge on any atom is 0.173 e. The molecule has 0 saturated carbocycles. The third-order valence-electron chi connectivity index (χ3n) is 1.19. The highest BCUT2D eigenvalue weighted by atomic mass is 32.2. The molecular weight excluding hydrogens is 164 g/mol. The van der Waals surface area contributed by atoms with E-state index in [2.05, 4.69) is 0 Å². The fraction of sp³-hybridized carbons (Fsp3) is 0.167. The van der Waals surface area contributed by atoms with Gasteiger partial charge in [0.25, 0.3) is 0 Å². The number of nitrogens with zero attached hydrogens (tertiary/aromatic N) is 2. The van der Waals surface area contributed by atoms with Crippen molar-refractivity contribution in [3.05, 3.63) is 24.0 Å². The second kappa shape index (κ2) is 3.32. The number of nitriles is 1. The Kier molecular flexibility index (Phi) is 2.41. The summed E-state index contributed by atoms with van der Waals surface area (Å²) in [7, 11) is 0. The largest absolute Gasteiger partial charge is 0.325 e. The summed E-state index contributed by atoms with van der Waals surface area (Å²) in [4.78, 5) is 0. The number of hydrogen-bond donors (Lipinski definition) is 1. The van der Waals surface area contributed by atoms with Crippen molar-refractivity contribution in [3.63, 3.8) is 0 Å². The summed E-state index contributed by atoms with van der Waals surface area (Å²) in [5.41, 5.74) is 0.396. The second-order valence-electron chi connectivity index (χ2n) is 1.93. The smallest absolute Gasteiger partial charge is 0.173 e. The van der Waals surface area contributed by atoms with Crippen LogP contribution in [0.4, 0.5) is 0 Å². The van der Waals surface area contributed by atoms with Crippen molar-refractivity contribution in [1.29, 1.82) is 5.26 Å². The van der Waals surface area contributed by atoms with Crippen LogP contribution in [0.3, 0.4) is 0 Å². The summed E-state index contributed by atoms with van der Waals surface area (Å²) < 4.78 is 20.2. The Morgan fingerprint density at radius 3 is 3.09 bits per heavy atom. The van der Waals surface area contributed by atoms with Crippen molar-refractivity contribution in [2.75, 3.05) is 0 Å². The average molecular weight is 170 g/mol. The van der Waals surface area contributed by atoms with Crippen LogP contribution in [0.15, 0.2) is 18.3 Å². The zero-order valence-electron chi connectivity index (χ0n) is 5.60. The van der Waals surface area contributed by atoms with Crippen LogP contribution >= 0.6 is 0 Å². The highest BCUT2D eigenvalue weighted by Crippen LogP contribution is 2.00. The minimum Gasteiger partial charge on any atom is -0.325 e. The normalized spacial score (nSPS) is 12.4. The van der Waals surface area contributed by atoms with E-state index in [1.54, 1.807) is 18.3 Å². The molecule has 0 saturated heterocycles. The first-order chi connectivity index (χ1) is 5.24. The van der Waals surface area contributed by atoms with Gasteiger partial charge in [-0.05, 0) is 12.1 Å². The fourth-order valence-corrected chi connectivity index (χ4v) is 1.21. The second-order valence-corrected chi connectivity index (χ2v) is 2.83. The van der Waals surface area contributed by atoms with Crippen molar-refractivity contribution in [2.45, 2.75) is 5.88 Å². The SMILES string of the molecule is N#Cc1cccn1CS(=O)O. The van der Waals surface area contributed by atoms with E-state index in [0.29, 0.717) is 5.69 Å². The summed E-state index contributed by atoms with van der Waals surface area (Å²) in [6.07, 6.45) is 1.59. The van der Waals surface area contributed by atoms with Crippen LogP contribution in [-0.2, 0) is 17.0 Å². The molecule has 0 aliphatic rings. The Morgan fingerprint density at radius 2 is 2.55 bits per heavy atom. The van der Waals surface area contributed by atoms with Crippen molar-refractivity contribution in [2.24, 2.45) is 0 Å². The standard InChI is InChI=1S/C6H6N2O2S/c7-4-6-2-1-3-8(6)5-11(9)10/h1-3H,5H2,(H,9,10). The van der Waals surface area contributed by atoms with Crippen LogP contribution < -0.4 is 0 Å². The molecule has 1 aromatic rings. The molecule has 0 bridgehead atoms. The molecule has 0 aromatic carbocycles. The van der Waals surface area contributed by atoms with Gasteiger partial charge in [0.15, 0.2) is 11.1 Å². The third kappa shape index (κ3) is 1.90. The average Bonchev–Trinajstić information content (AvgIpc) is 2.34. The van der Waals surface area contributed by atoms with E-state index in [9.17, 15) is 4.21 Å². The Morgan fingerprint density at radius 1 is 1.82 bits per heavy atom. The van der Waals surface area contributed by atoms with Gasteiger partial charge < -0.3 is 9.12 Å². The number of hydrogen-bond acceptors (Lipinski definition) is 2. The molecule has 0 aliphatic heterocycles. The number of rotatable bonds is 2. The fourth-order valence-electron chi connectivity index (χ4n) is 0.747. The quantitative estimate of drug-likeness (QED) is 0.659. The summed E-state index contributed by atoms with van der Waals surface area (Å²) in [5, 5.41) is 8.47. The van der Waals surface area contributed by atoms with Gasteiger partial charge in [0, 0.05) is 6.20 Å². The Labute approximate surface area is 66.4 Å². The predicted octanol–water partition coefficient (Wildman–Crippen LogP) is 0.539. The number of aromatic nitrogens is 1. The summed E-state index contributed by atoms with van der Waals surface area (Å²) in [6.45, 7) is 0. The molecule has 5 heteroatoms. The molecule has 0 spiro atoms. The first kappa shape index (κ1) is 7.98.